The van der Waals surface area contributed by atoms with E-state index in [2.05, 4.69) is 10.2 Å². The van der Waals surface area contributed by atoms with E-state index in [0.717, 1.165) is 22.3 Å². The molecule has 3 aromatic rings. The Balaban J connectivity index is 2.00. The summed E-state index contributed by atoms with van der Waals surface area (Å²) >= 11 is 0. The molecule has 0 fully saturated rings. The maximum absolute atomic E-state index is 9.01. The topological polar surface area (TPSA) is 71.2 Å². The number of hydrogen-bond acceptors (Lipinski definition) is 4. The van der Waals surface area contributed by atoms with Gasteiger partial charge in [0, 0.05) is 6.42 Å². The second-order valence-corrected chi connectivity index (χ2v) is 4.63. The van der Waals surface area contributed by atoms with Crippen molar-refractivity contribution in [2.45, 2.75) is 19.1 Å². The van der Waals surface area contributed by atoms with Gasteiger partial charge in [-0.05, 0) is 30.2 Å². The molecule has 0 saturated heterocycles. The van der Waals surface area contributed by atoms with Crippen molar-refractivity contribution in [3.05, 3.63) is 54.1 Å². The van der Waals surface area contributed by atoms with Crippen LogP contribution in [0.1, 0.15) is 12.0 Å². The largest absolute Gasteiger partial charge is 0.368 e. The third kappa shape index (κ3) is 2.54. The SMILES string of the molecule is OC(O)CCc1ccccc1-n1nc2ccccc2n1. The Morgan fingerprint density at radius 2 is 1.50 bits per heavy atom. The summed E-state index contributed by atoms with van der Waals surface area (Å²) in [4.78, 5) is 1.60. The van der Waals surface area contributed by atoms with Crippen LogP contribution in [0.4, 0.5) is 0 Å². The minimum atomic E-state index is -1.30. The highest BCUT2D eigenvalue weighted by Crippen LogP contribution is 2.17. The molecule has 0 spiro atoms. The third-order valence-electron chi connectivity index (χ3n) is 3.17. The van der Waals surface area contributed by atoms with Gasteiger partial charge in [0.2, 0.25) is 0 Å². The van der Waals surface area contributed by atoms with Crippen molar-refractivity contribution < 1.29 is 10.2 Å². The molecule has 1 heterocycles. The van der Waals surface area contributed by atoms with Gasteiger partial charge in [0.1, 0.15) is 11.0 Å². The number of fused-ring (bicyclic) bond motifs is 1. The third-order valence-corrected chi connectivity index (χ3v) is 3.17. The van der Waals surface area contributed by atoms with Crippen molar-refractivity contribution in [2.24, 2.45) is 0 Å². The molecule has 1 aromatic heterocycles. The molecular formula is C15H15N3O2. The normalized spacial score (nSPS) is 11.3. The van der Waals surface area contributed by atoms with Crippen molar-refractivity contribution in [3.8, 4) is 5.69 Å². The summed E-state index contributed by atoms with van der Waals surface area (Å²) in [7, 11) is 0. The first-order valence-electron chi connectivity index (χ1n) is 6.50. The van der Waals surface area contributed by atoms with Crippen LogP contribution in [0.2, 0.25) is 0 Å². The van der Waals surface area contributed by atoms with Gasteiger partial charge in [0.25, 0.3) is 0 Å². The summed E-state index contributed by atoms with van der Waals surface area (Å²) in [5, 5.41) is 26.9. The molecule has 5 nitrogen and oxygen atoms in total. The number of hydrogen-bond donors (Lipinski definition) is 2. The van der Waals surface area contributed by atoms with Crippen LogP contribution in [-0.2, 0) is 6.42 Å². The van der Waals surface area contributed by atoms with Gasteiger partial charge >= 0.3 is 0 Å². The zero-order valence-electron chi connectivity index (χ0n) is 10.8. The Hall–Kier alpha value is -2.24. The van der Waals surface area contributed by atoms with E-state index in [1.54, 1.807) is 4.80 Å². The second-order valence-electron chi connectivity index (χ2n) is 4.63. The molecule has 0 bridgehead atoms. The number of aryl methyl sites for hydroxylation is 1. The number of aliphatic hydroxyl groups excluding tert-OH is 1. The lowest BCUT2D eigenvalue weighted by Gasteiger charge is -2.08. The first-order chi connectivity index (χ1) is 9.74. The van der Waals surface area contributed by atoms with E-state index in [-0.39, 0.29) is 6.42 Å². The van der Waals surface area contributed by atoms with E-state index in [1.165, 1.54) is 0 Å². The molecule has 20 heavy (non-hydrogen) atoms. The Labute approximate surface area is 116 Å². The second kappa shape index (κ2) is 5.40. The molecular weight excluding hydrogens is 254 g/mol. The zero-order chi connectivity index (χ0) is 13.9. The van der Waals surface area contributed by atoms with Crippen LogP contribution in [0.25, 0.3) is 16.7 Å². The molecule has 0 aliphatic heterocycles. The number of benzene rings is 2. The fourth-order valence-electron chi connectivity index (χ4n) is 2.17. The van der Waals surface area contributed by atoms with Crippen LogP contribution in [0.15, 0.2) is 48.5 Å². The molecule has 102 valence electrons. The summed E-state index contributed by atoms with van der Waals surface area (Å²) in [6, 6.07) is 15.4. The molecule has 0 atom stereocenters. The standard InChI is InChI=1S/C15H15N3O2/c19-15(20)10-9-11-5-1-4-8-14(11)18-16-12-6-2-3-7-13(12)17-18/h1-8,15,19-20H,9-10H2. The number of aliphatic hydroxyl groups is 2. The summed E-state index contributed by atoms with van der Waals surface area (Å²) in [5.74, 6) is 0. The minimum Gasteiger partial charge on any atom is -0.368 e. The maximum Gasteiger partial charge on any atom is 0.151 e. The quantitative estimate of drug-likeness (QED) is 0.707. The molecule has 0 radical (unpaired) electrons. The van der Waals surface area contributed by atoms with Gasteiger partial charge in [-0.1, -0.05) is 30.3 Å². The highest BCUT2D eigenvalue weighted by molar-refractivity contribution is 5.73. The fraction of sp³-hybridized carbons (Fsp3) is 0.200. The Morgan fingerprint density at radius 3 is 2.15 bits per heavy atom. The predicted octanol–water partition coefficient (Wildman–Crippen LogP) is 1.66. The lowest BCUT2D eigenvalue weighted by molar-refractivity contribution is -0.0447. The van der Waals surface area contributed by atoms with Crippen molar-refractivity contribution in [1.29, 1.82) is 0 Å². The van der Waals surface area contributed by atoms with Gasteiger partial charge < -0.3 is 10.2 Å². The van der Waals surface area contributed by atoms with Crippen LogP contribution in [-0.4, -0.2) is 31.5 Å². The highest BCUT2D eigenvalue weighted by atomic mass is 16.5. The molecule has 0 amide bonds. The average Bonchev–Trinajstić information content (AvgIpc) is 2.89. The number of aromatic nitrogens is 3. The van der Waals surface area contributed by atoms with Gasteiger partial charge in [-0.15, -0.1) is 10.2 Å². The van der Waals surface area contributed by atoms with E-state index in [4.69, 9.17) is 10.2 Å². The van der Waals surface area contributed by atoms with Gasteiger partial charge in [0.05, 0.1) is 5.69 Å². The molecule has 2 aromatic carbocycles. The molecule has 5 heteroatoms. The van der Waals surface area contributed by atoms with Gasteiger partial charge in [-0.2, -0.15) is 4.80 Å². The zero-order valence-corrected chi connectivity index (χ0v) is 10.8. The van der Waals surface area contributed by atoms with Crippen molar-refractivity contribution in [2.75, 3.05) is 0 Å². The maximum atomic E-state index is 9.01. The summed E-state index contributed by atoms with van der Waals surface area (Å²) in [6.45, 7) is 0. The molecule has 0 aliphatic carbocycles. The van der Waals surface area contributed by atoms with Crippen molar-refractivity contribution in [1.82, 2.24) is 15.0 Å². The fourth-order valence-corrected chi connectivity index (χ4v) is 2.17. The van der Waals surface area contributed by atoms with Crippen LogP contribution in [0.5, 0.6) is 0 Å². The average molecular weight is 269 g/mol. The van der Waals surface area contributed by atoms with E-state index < -0.39 is 6.29 Å². The van der Waals surface area contributed by atoms with Crippen LogP contribution < -0.4 is 0 Å². The van der Waals surface area contributed by atoms with E-state index in [1.807, 2.05) is 48.5 Å². The van der Waals surface area contributed by atoms with E-state index in [0.29, 0.717) is 6.42 Å². The molecule has 3 rings (SSSR count). The first-order valence-corrected chi connectivity index (χ1v) is 6.50. The van der Waals surface area contributed by atoms with Gasteiger partial charge in [-0.3, -0.25) is 0 Å². The Morgan fingerprint density at radius 1 is 0.900 bits per heavy atom. The number of nitrogens with zero attached hydrogens (tertiary/aromatic N) is 3. The summed E-state index contributed by atoms with van der Waals surface area (Å²) in [6.07, 6.45) is -0.448. The van der Waals surface area contributed by atoms with Gasteiger partial charge in [-0.25, -0.2) is 0 Å². The molecule has 2 N–H and O–H groups in total. The minimum absolute atomic E-state index is 0.289. The highest BCUT2D eigenvalue weighted by Gasteiger charge is 2.09. The monoisotopic (exact) mass is 269 g/mol. The van der Waals surface area contributed by atoms with Crippen LogP contribution >= 0.6 is 0 Å². The van der Waals surface area contributed by atoms with Crippen LogP contribution in [0.3, 0.4) is 0 Å². The molecule has 0 saturated carbocycles. The van der Waals surface area contributed by atoms with Gasteiger partial charge in [0.15, 0.2) is 6.29 Å². The number of rotatable bonds is 4. The van der Waals surface area contributed by atoms with Crippen LogP contribution in [0, 0.1) is 0 Å². The molecule has 0 unspecified atom stereocenters. The van der Waals surface area contributed by atoms with Crippen molar-refractivity contribution >= 4 is 11.0 Å². The first kappa shape index (κ1) is 12.8. The molecule has 0 aliphatic rings. The summed E-state index contributed by atoms with van der Waals surface area (Å²) in [5.41, 5.74) is 3.53. The van der Waals surface area contributed by atoms with Crippen molar-refractivity contribution in [3.63, 3.8) is 0 Å². The Bertz CT molecular complexity index is 689. The smallest absolute Gasteiger partial charge is 0.151 e. The lowest BCUT2D eigenvalue weighted by Crippen LogP contribution is -2.08. The predicted molar refractivity (Wildman–Crippen MR) is 75.4 cm³/mol. The number of para-hydroxylation sites is 1. The summed E-state index contributed by atoms with van der Waals surface area (Å²) < 4.78 is 0. The van der Waals surface area contributed by atoms with E-state index >= 15 is 0 Å². The lowest BCUT2D eigenvalue weighted by atomic mass is 10.1. The Kier molecular flexibility index (Phi) is 3.45. The van der Waals surface area contributed by atoms with E-state index in [9.17, 15) is 0 Å².